The highest BCUT2D eigenvalue weighted by Gasteiger charge is 2.55. The number of nitrogens with zero attached hydrogens (tertiary/aromatic N) is 2. The maximum Gasteiger partial charge on any atom is 0.248 e. The molecular formula is C32H50ClN3O4. The van der Waals surface area contributed by atoms with Crippen molar-refractivity contribution in [2.45, 2.75) is 127 Å². The zero-order valence-corrected chi connectivity index (χ0v) is 25.1. The van der Waals surface area contributed by atoms with E-state index >= 15 is 0 Å². The Morgan fingerprint density at radius 2 is 1.60 bits per heavy atom. The monoisotopic (exact) mass is 575 g/mol. The average Bonchev–Trinajstić information content (AvgIpc) is 2.98. The molecule has 7 nitrogen and oxygen atoms in total. The van der Waals surface area contributed by atoms with Gasteiger partial charge in [0.25, 0.3) is 0 Å². The van der Waals surface area contributed by atoms with E-state index < -0.39 is 17.7 Å². The van der Waals surface area contributed by atoms with Crippen LogP contribution in [0.15, 0.2) is 24.3 Å². The lowest BCUT2D eigenvalue weighted by Crippen LogP contribution is -2.75. The second-order valence-corrected chi connectivity index (χ2v) is 12.5. The third-order valence-electron chi connectivity index (χ3n) is 9.84. The Morgan fingerprint density at radius 3 is 2.23 bits per heavy atom. The number of benzene rings is 1. The molecule has 2 heterocycles. The maximum absolute atomic E-state index is 13.8. The number of aliphatic hydroxyl groups excluding tert-OH is 1. The van der Waals surface area contributed by atoms with Crippen LogP contribution in [0.3, 0.4) is 0 Å². The number of unbranched alkanes of at least 4 members (excludes halogenated alkanes) is 1. The molecule has 1 aromatic carbocycles. The van der Waals surface area contributed by atoms with Crippen molar-refractivity contribution in [1.82, 2.24) is 15.1 Å². The quantitative estimate of drug-likeness (QED) is 0.422. The second kappa shape index (κ2) is 14.4. The molecule has 1 aromatic rings. The number of ether oxygens (including phenoxy) is 1. The van der Waals surface area contributed by atoms with E-state index in [0.717, 1.165) is 76.8 Å². The van der Waals surface area contributed by atoms with Crippen LogP contribution in [-0.2, 0) is 16.1 Å². The van der Waals surface area contributed by atoms with E-state index in [2.05, 4.69) is 41.4 Å². The van der Waals surface area contributed by atoms with E-state index in [1.807, 2.05) is 4.90 Å². The summed E-state index contributed by atoms with van der Waals surface area (Å²) in [7, 11) is 0. The first kappa shape index (κ1) is 31.1. The first-order valence-electron chi connectivity index (χ1n) is 15.8. The lowest BCUT2D eigenvalue weighted by molar-refractivity contribution is -0.166. The molecule has 2 atom stereocenters. The van der Waals surface area contributed by atoms with Crippen LogP contribution in [0.25, 0.3) is 0 Å². The highest BCUT2D eigenvalue weighted by molar-refractivity contribution is 6.00. The number of carbonyl (C=O) groups is 2. The Kier molecular flexibility index (Phi) is 11.2. The fourth-order valence-corrected chi connectivity index (χ4v) is 7.34. The van der Waals surface area contributed by atoms with Crippen molar-refractivity contribution < 1.29 is 19.4 Å². The summed E-state index contributed by atoms with van der Waals surface area (Å²) in [6, 6.07) is 7.68. The Hall–Kier alpha value is -1.83. The zero-order chi connectivity index (χ0) is 27.2. The van der Waals surface area contributed by atoms with Gasteiger partial charge >= 0.3 is 0 Å². The molecule has 0 bridgehead atoms. The zero-order valence-electron chi connectivity index (χ0n) is 24.3. The molecule has 2 saturated carbocycles. The number of nitrogens with one attached hydrogen (secondary N) is 1. The lowest BCUT2D eigenvalue weighted by Gasteiger charge is -2.52. The minimum Gasteiger partial charge on any atom is -0.490 e. The number of piperidine rings is 1. The molecule has 0 radical (unpaired) electrons. The van der Waals surface area contributed by atoms with Crippen LogP contribution in [0.1, 0.15) is 102 Å². The van der Waals surface area contributed by atoms with Crippen LogP contribution in [0.2, 0.25) is 0 Å². The number of amides is 2. The van der Waals surface area contributed by atoms with Crippen molar-refractivity contribution >= 4 is 24.2 Å². The summed E-state index contributed by atoms with van der Waals surface area (Å²) in [5.41, 5.74) is 0.438. The number of aliphatic hydroxyl groups is 1. The van der Waals surface area contributed by atoms with Crippen LogP contribution in [0, 0.1) is 5.92 Å². The predicted octanol–water partition coefficient (Wildman–Crippen LogP) is 5.22. The number of hydrogen-bond donors (Lipinski definition) is 2. The largest absolute Gasteiger partial charge is 0.490 e. The van der Waals surface area contributed by atoms with Gasteiger partial charge in [0, 0.05) is 26.2 Å². The molecule has 2 aliphatic heterocycles. The van der Waals surface area contributed by atoms with Crippen LogP contribution in [0.4, 0.5) is 0 Å². The summed E-state index contributed by atoms with van der Waals surface area (Å²) >= 11 is 0. The summed E-state index contributed by atoms with van der Waals surface area (Å²) in [6.07, 6.45) is 14.0. The normalized spacial score (nSPS) is 25.4. The third-order valence-corrected chi connectivity index (χ3v) is 9.84. The summed E-state index contributed by atoms with van der Waals surface area (Å²) in [5, 5.41) is 14.2. The number of rotatable bonds is 9. The van der Waals surface area contributed by atoms with Crippen molar-refractivity contribution in [3.63, 3.8) is 0 Å². The van der Waals surface area contributed by atoms with Gasteiger partial charge in [0.2, 0.25) is 11.8 Å². The van der Waals surface area contributed by atoms with Crippen molar-refractivity contribution in [1.29, 1.82) is 0 Å². The lowest BCUT2D eigenvalue weighted by atomic mass is 9.78. The molecule has 2 aliphatic carbocycles. The predicted molar refractivity (Wildman–Crippen MR) is 160 cm³/mol. The number of halogens is 1. The highest BCUT2D eigenvalue weighted by Crippen LogP contribution is 2.36. The molecule has 5 rings (SSSR count). The molecule has 2 saturated heterocycles. The van der Waals surface area contributed by atoms with E-state index in [4.69, 9.17) is 4.74 Å². The molecule has 2 N–H and O–H groups in total. The molecule has 4 fully saturated rings. The van der Waals surface area contributed by atoms with E-state index in [1.165, 1.54) is 31.2 Å². The van der Waals surface area contributed by atoms with Gasteiger partial charge in [-0.25, -0.2) is 0 Å². The smallest absolute Gasteiger partial charge is 0.248 e. The van der Waals surface area contributed by atoms with Gasteiger partial charge in [-0.15, -0.1) is 12.4 Å². The molecule has 1 spiro atoms. The number of carbonyl (C=O) groups excluding carboxylic acids is 2. The van der Waals surface area contributed by atoms with Gasteiger partial charge in [0.05, 0.1) is 12.2 Å². The summed E-state index contributed by atoms with van der Waals surface area (Å²) in [4.78, 5) is 31.8. The molecule has 2 amide bonds. The molecular weight excluding hydrogens is 526 g/mol. The first-order chi connectivity index (χ1) is 19.0. The van der Waals surface area contributed by atoms with E-state index in [9.17, 15) is 14.7 Å². The van der Waals surface area contributed by atoms with Crippen LogP contribution in [0.5, 0.6) is 5.75 Å². The molecule has 4 aliphatic rings. The second-order valence-electron chi connectivity index (χ2n) is 12.5. The first-order valence-corrected chi connectivity index (χ1v) is 15.8. The SMILES string of the molecule is CCCCN1C(=O)[C@@H]([C@H](O)C2CCCCC2)NC(=O)C12CCN(Cc1ccc(OC3CCCCC3)cc1)CC2.Cl. The van der Waals surface area contributed by atoms with Crippen molar-refractivity contribution in [2.24, 2.45) is 5.92 Å². The standard InChI is InChI=1S/C32H49N3O4.ClH/c1-2-3-20-35-30(37)28(29(36)25-10-6-4-7-11-25)33-31(38)32(35)18-21-34(22-19-32)23-24-14-16-27(17-15-24)39-26-12-8-5-9-13-26;/h14-17,25-26,28-29,36H,2-13,18-23H2,1H3,(H,33,38);1H/t28-,29-;/m1./s1. The van der Waals surface area contributed by atoms with Gasteiger partial charge < -0.3 is 20.1 Å². The molecule has 224 valence electrons. The Labute approximate surface area is 246 Å². The number of piperazine rings is 1. The van der Waals surface area contributed by atoms with E-state index in [0.29, 0.717) is 25.5 Å². The van der Waals surface area contributed by atoms with Gasteiger partial charge in [-0.05, 0) is 81.4 Å². The van der Waals surface area contributed by atoms with Gasteiger partial charge in [-0.1, -0.05) is 51.2 Å². The van der Waals surface area contributed by atoms with Crippen molar-refractivity contribution in [3.8, 4) is 5.75 Å². The van der Waals surface area contributed by atoms with Crippen molar-refractivity contribution in [3.05, 3.63) is 29.8 Å². The van der Waals surface area contributed by atoms with Crippen molar-refractivity contribution in [2.75, 3.05) is 19.6 Å². The summed E-state index contributed by atoms with van der Waals surface area (Å²) in [6.45, 7) is 5.05. The highest BCUT2D eigenvalue weighted by atomic mass is 35.5. The molecule has 8 heteroatoms. The fourth-order valence-electron chi connectivity index (χ4n) is 7.34. The minimum absolute atomic E-state index is 0. The molecule has 40 heavy (non-hydrogen) atoms. The Balaban J connectivity index is 0.00000370. The average molecular weight is 576 g/mol. The van der Waals surface area contributed by atoms with Crippen LogP contribution >= 0.6 is 12.4 Å². The van der Waals surface area contributed by atoms with Gasteiger partial charge in [-0.3, -0.25) is 14.5 Å². The van der Waals surface area contributed by atoms with Crippen LogP contribution in [-0.4, -0.2) is 70.1 Å². The van der Waals surface area contributed by atoms with E-state index in [1.54, 1.807) is 0 Å². The van der Waals surface area contributed by atoms with Gasteiger partial charge in [0.1, 0.15) is 17.3 Å². The van der Waals surface area contributed by atoms with Gasteiger partial charge in [-0.2, -0.15) is 0 Å². The molecule has 0 unspecified atom stereocenters. The maximum atomic E-state index is 13.8. The Morgan fingerprint density at radius 1 is 0.975 bits per heavy atom. The molecule has 0 aromatic heterocycles. The third kappa shape index (κ3) is 6.96. The number of likely N-dealkylation sites (tertiary alicyclic amines) is 1. The number of hydrogen-bond acceptors (Lipinski definition) is 5. The fraction of sp³-hybridized carbons (Fsp3) is 0.750. The van der Waals surface area contributed by atoms with E-state index in [-0.39, 0.29) is 30.1 Å². The summed E-state index contributed by atoms with van der Waals surface area (Å²) < 4.78 is 6.19. The topological polar surface area (TPSA) is 82.1 Å². The summed E-state index contributed by atoms with van der Waals surface area (Å²) in [5.74, 6) is 0.901. The van der Waals surface area contributed by atoms with Gasteiger partial charge in [0.15, 0.2) is 0 Å². The Bertz CT molecular complexity index is 953. The van der Waals surface area contributed by atoms with Crippen LogP contribution < -0.4 is 10.1 Å². The minimum atomic E-state index is -0.810.